The largest absolute Gasteiger partial charge is 0.497 e. The molecule has 4 rings (SSSR count). The molecule has 0 radical (unpaired) electrons. The average Bonchev–Trinajstić information content (AvgIpc) is 3.36. The van der Waals surface area contributed by atoms with Crippen LogP contribution in [-0.4, -0.2) is 38.7 Å². The first-order chi connectivity index (χ1) is 14.8. The highest BCUT2D eigenvalue weighted by molar-refractivity contribution is 7.91. The standard InChI is InChI=1S/C21H22N4O5S/c1-12-5-4-6-16(7-12)31(27,28)21-18-17(11-22-21)19(25-24-18)23-20(26)13-8-14(29-2)10-15(9-13)30-3/h4-10,21-22H,11H2,1-3H3,(H2,23,24,25,26). The van der Waals surface area contributed by atoms with Crippen molar-refractivity contribution in [1.29, 1.82) is 0 Å². The van der Waals surface area contributed by atoms with Gasteiger partial charge in [0.2, 0.25) is 0 Å². The molecule has 3 aromatic rings. The summed E-state index contributed by atoms with van der Waals surface area (Å²) in [4.78, 5) is 13.0. The quantitative estimate of drug-likeness (QED) is 0.536. The van der Waals surface area contributed by atoms with E-state index in [-0.39, 0.29) is 17.3 Å². The van der Waals surface area contributed by atoms with Crippen LogP contribution in [0.25, 0.3) is 0 Å². The van der Waals surface area contributed by atoms with E-state index in [4.69, 9.17) is 9.47 Å². The third-order valence-electron chi connectivity index (χ3n) is 5.10. The molecule has 0 aliphatic carbocycles. The molecule has 10 heteroatoms. The summed E-state index contributed by atoms with van der Waals surface area (Å²) in [5.74, 6) is 0.804. The van der Waals surface area contributed by atoms with Crippen LogP contribution in [0.3, 0.4) is 0 Å². The number of fused-ring (bicyclic) bond motifs is 1. The summed E-state index contributed by atoms with van der Waals surface area (Å²) in [7, 11) is -0.693. The number of nitrogens with one attached hydrogen (secondary N) is 3. The van der Waals surface area contributed by atoms with Crippen molar-refractivity contribution < 1.29 is 22.7 Å². The summed E-state index contributed by atoms with van der Waals surface area (Å²) in [5.41, 5.74) is 2.19. The molecule has 31 heavy (non-hydrogen) atoms. The van der Waals surface area contributed by atoms with Crippen LogP contribution in [0.4, 0.5) is 5.82 Å². The van der Waals surface area contributed by atoms with E-state index in [0.717, 1.165) is 5.56 Å². The van der Waals surface area contributed by atoms with Crippen LogP contribution in [0, 0.1) is 6.92 Å². The molecule has 0 spiro atoms. The number of nitrogens with zero attached hydrogens (tertiary/aromatic N) is 1. The molecule has 0 bridgehead atoms. The SMILES string of the molecule is COc1cc(OC)cc(C(=O)Nc2n[nH]c3c2CNC3S(=O)(=O)c2cccc(C)c2)c1. The Morgan fingerprint density at radius 3 is 2.48 bits per heavy atom. The predicted octanol–water partition coefficient (Wildman–Crippen LogP) is 2.56. The van der Waals surface area contributed by atoms with Crippen molar-refractivity contribution in [3.8, 4) is 11.5 Å². The lowest BCUT2D eigenvalue weighted by atomic mass is 10.2. The van der Waals surface area contributed by atoms with Gasteiger partial charge < -0.3 is 14.8 Å². The Labute approximate surface area is 179 Å². The molecule has 1 amide bonds. The molecule has 1 aromatic heterocycles. The number of hydrogen-bond acceptors (Lipinski definition) is 7. The summed E-state index contributed by atoms with van der Waals surface area (Å²) in [5, 5.41) is 11.7. The highest BCUT2D eigenvalue weighted by Crippen LogP contribution is 2.35. The van der Waals surface area contributed by atoms with Gasteiger partial charge in [-0.1, -0.05) is 12.1 Å². The van der Waals surface area contributed by atoms with Gasteiger partial charge in [0.15, 0.2) is 21.0 Å². The molecule has 0 fully saturated rings. The Hall–Kier alpha value is -3.37. The van der Waals surface area contributed by atoms with E-state index < -0.39 is 21.1 Å². The minimum absolute atomic E-state index is 0.224. The number of amides is 1. The molecule has 0 saturated heterocycles. The predicted molar refractivity (Wildman–Crippen MR) is 114 cm³/mol. The van der Waals surface area contributed by atoms with Gasteiger partial charge in [-0.3, -0.25) is 15.2 Å². The van der Waals surface area contributed by atoms with Gasteiger partial charge in [0.25, 0.3) is 5.91 Å². The Balaban J connectivity index is 1.60. The van der Waals surface area contributed by atoms with Gasteiger partial charge in [-0.15, -0.1) is 0 Å². The van der Waals surface area contributed by atoms with Gasteiger partial charge in [-0.25, -0.2) is 8.42 Å². The van der Waals surface area contributed by atoms with Crippen molar-refractivity contribution in [3.63, 3.8) is 0 Å². The molecule has 2 aromatic carbocycles. The van der Waals surface area contributed by atoms with Gasteiger partial charge in [-0.05, 0) is 36.8 Å². The molecule has 9 nitrogen and oxygen atoms in total. The van der Waals surface area contributed by atoms with Gasteiger partial charge in [0.05, 0.1) is 24.8 Å². The Bertz CT molecular complexity index is 1230. The second kappa shape index (κ2) is 8.05. The average molecular weight is 442 g/mol. The maximum Gasteiger partial charge on any atom is 0.257 e. The van der Waals surface area contributed by atoms with Gasteiger partial charge in [0.1, 0.15) is 11.5 Å². The van der Waals surface area contributed by atoms with Gasteiger partial charge >= 0.3 is 0 Å². The highest BCUT2D eigenvalue weighted by Gasteiger charge is 2.38. The van der Waals surface area contributed by atoms with Crippen molar-refractivity contribution >= 4 is 21.6 Å². The second-order valence-electron chi connectivity index (χ2n) is 7.14. The number of aromatic amines is 1. The fourth-order valence-electron chi connectivity index (χ4n) is 3.49. The fourth-order valence-corrected chi connectivity index (χ4v) is 5.18. The number of anilines is 1. The number of carbonyl (C=O) groups is 1. The summed E-state index contributed by atoms with van der Waals surface area (Å²) in [6, 6.07) is 11.6. The van der Waals surface area contributed by atoms with Crippen molar-refractivity contribution in [1.82, 2.24) is 15.5 Å². The molecule has 1 aliphatic rings. The zero-order valence-electron chi connectivity index (χ0n) is 17.2. The minimum atomic E-state index is -3.69. The number of methoxy groups -OCH3 is 2. The Morgan fingerprint density at radius 1 is 1.13 bits per heavy atom. The monoisotopic (exact) mass is 442 g/mol. The van der Waals surface area contributed by atoms with E-state index >= 15 is 0 Å². The van der Waals surface area contributed by atoms with Crippen LogP contribution in [0.2, 0.25) is 0 Å². The zero-order chi connectivity index (χ0) is 22.2. The number of aromatic nitrogens is 2. The number of rotatable bonds is 6. The van der Waals surface area contributed by atoms with Crippen LogP contribution in [-0.2, 0) is 16.4 Å². The number of sulfone groups is 1. The van der Waals surface area contributed by atoms with Crippen molar-refractivity contribution in [3.05, 3.63) is 64.8 Å². The lowest BCUT2D eigenvalue weighted by Crippen LogP contribution is -2.23. The molecular formula is C21H22N4O5S. The van der Waals surface area contributed by atoms with E-state index in [1.54, 1.807) is 36.4 Å². The van der Waals surface area contributed by atoms with Crippen LogP contribution >= 0.6 is 0 Å². The van der Waals surface area contributed by atoms with Gasteiger partial charge in [-0.2, -0.15) is 5.10 Å². The first-order valence-electron chi connectivity index (χ1n) is 9.49. The van der Waals surface area contributed by atoms with Crippen molar-refractivity contribution in [2.45, 2.75) is 23.7 Å². The van der Waals surface area contributed by atoms with E-state index in [1.165, 1.54) is 14.2 Å². The molecule has 2 heterocycles. The van der Waals surface area contributed by atoms with E-state index in [1.807, 2.05) is 13.0 Å². The molecule has 162 valence electrons. The van der Waals surface area contributed by atoms with E-state index in [2.05, 4.69) is 20.8 Å². The number of H-pyrrole nitrogens is 1. The molecule has 1 atom stereocenters. The van der Waals surface area contributed by atoms with Crippen molar-refractivity contribution in [2.24, 2.45) is 0 Å². The molecular weight excluding hydrogens is 420 g/mol. The highest BCUT2D eigenvalue weighted by atomic mass is 32.2. The summed E-state index contributed by atoms with van der Waals surface area (Å²) in [6.07, 6.45) is 0. The topological polar surface area (TPSA) is 122 Å². The first-order valence-corrected chi connectivity index (χ1v) is 11.0. The molecule has 0 saturated carbocycles. The van der Waals surface area contributed by atoms with E-state index in [9.17, 15) is 13.2 Å². The number of carbonyl (C=O) groups excluding carboxylic acids is 1. The van der Waals surface area contributed by atoms with Crippen molar-refractivity contribution in [2.75, 3.05) is 19.5 Å². The third kappa shape index (κ3) is 3.87. The number of aryl methyl sites for hydroxylation is 1. The van der Waals surface area contributed by atoms with Crippen LogP contribution in [0.1, 0.15) is 32.6 Å². The minimum Gasteiger partial charge on any atom is -0.497 e. The maximum atomic E-state index is 13.1. The summed E-state index contributed by atoms with van der Waals surface area (Å²) < 4.78 is 36.6. The van der Waals surface area contributed by atoms with Crippen LogP contribution < -0.4 is 20.1 Å². The molecule has 1 unspecified atom stereocenters. The first kappa shape index (κ1) is 20.9. The van der Waals surface area contributed by atoms with Gasteiger partial charge in [0, 0.05) is 23.7 Å². The normalized spacial score (nSPS) is 15.4. The summed E-state index contributed by atoms with van der Waals surface area (Å²) in [6.45, 7) is 2.09. The molecule has 1 aliphatic heterocycles. The fraction of sp³-hybridized carbons (Fsp3) is 0.238. The van der Waals surface area contributed by atoms with Crippen LogP contribution in [0.15, 0.2) is 47.4 Å². The van der Waals surface area contributed by atoms with E-state index in [0.29, 0.717) is 28.3 Å². The lowest BCUT2D eigenvalue weighted by molar-refractivity contribution is 0.102. The Kier molecular flexibility index (Phi) is 5.42. The number of hydrogen-bond donors (Lipinski definition) is 3. The van der Waals surface area contributed by atoms with Crippen LogP contribution in [0.5, 0.6) is 11.5 Å². The third-order valence-corrected chi connectivity index (χ3v) is 7.03. The maximum absolute atomic E-state index is 13.1. The number of benzene rings is 2. The number of ether oxygens (including phenoxy) is 2. The zero-order valence-corrected chi connectivity index (χ0v) is 18.0. The summed E-state index contributed by atoms with van der Waals surface area (Å²) >= 11 is 0. The lowest BCUT2D eigenvalue weighted by Gasteiger charge is -2.12. The molecule has 3 N–H and O–H groups in total. The Morgan fingerprint density at radius 2 is 1.84 bits per heavy atom. The smallest absolute Gasteiger partial charge is 0.257 e. The second-order valence-corrected chi connectivity index (χ2v) is 9.18.